The van der Waals surface area contributed by atoms with E-state index in [0.29, 0.717) is 25.9 Å². The van der Waals surface area contributed by atoms with E-state index in [1.54, 1.807) is 11.8 Å². The summed E-state index contributed by atoms with van der Waals surface area (Å²) in [5, 5.41) is 21.8. The molecule has 216 valence electrons. The molecule has 1 aromatic heterocycles. The van der Waals surface area contributed by atoms with Gasteiger partial charge in [-0.15, -0.1) is 18.3 Å². The third-order valence-electron chi connectivity index (χ3n) is 9.21. The van der Waals surface area contributed by atoms with E-state index >= 15 is 0 Å². The van der Waals surface area contributed by atoms with Crippen LogP contribution in [-0.4, -0.2) is 74.2 Å². The first kappa shape index (κ1) is 30.1. The number of nitrogens with one attached hydrogen (secondary N) is 2. The minimum Gasteiger partial charge on any atom is -0.390 e. The van der Waals surface area contributed by atoms with Gasteiger partial charge in [-0.05, 0) is 57.9 Å². The number of likely N-dealkylation sites (tertiary alicyclic amines) is 1. The molecule has 3 N–H and O–H groups in total. The number of aryl methyl sites for hydroxylation is 2. The van der Waals surface area contributed by atoms with Gasteiger partial charge in [-0.2, -0.15) is 5.10 Å². The van der Waals surface area contributed by atoms with E-state index in [2.05, 4.69) is 56.5 Å². The molecule has 2 aliphatic heterocycles. The summed E-state index contributed by atoms with van der Waals surface area (Å²) in [6.45, 7) is 7.28. The molecule has 1 aromatic carbocycles. The Kier molecular flexibility index (Phi) is 9.60. The van der Waals surface area contributed by atoms with Crippen LogP contribution in [-0.2, 0) is 9.59 Å². The smallest absolute Gasteiger partial charge is 0.249 e. The molecule has 2 saturated heterocycles. The van der Waals surface area contributed by atoms with Crippen LogP contribution >= 0.6 is 12.4 Å². The SMILES string of the molecule is CC#CCN1C(=O)[C@@H]([C@H](O)C2CCCCC2)NC(=O)C12CCN(C(c1ccccc1)c1c(C)n[nH]c1C)CC2.Cl. The third-order valence-corrected chi connectivity index (χ3v) is 9.21. The molecule has 3 atom stereocenters. The first-order chi connectivity index (χ1) is 18.9. The maximum atomic E-state index is 13.9. The van der Waals surface area contributed by atoms with Gasteiger partial charge in [0.1, 0.15) is 11.6 Å². The number of benzene rings is 1. The molecule has 1 unspecified atom stereocenters. The van der Waals surface area contributed by atoms with Crippen molar-refractivity contribution in [3.63, 3.8) is 0 Å². The van der Waals surface area contributed by atoms with Crippen molar-refractivity contribution < 1.29 is 14.7 Å². The molecule has 5 rings (SSSR count). The van der Waals surface area contributed by atoms with Gasteiger partial charge in [0.15, 0.2) is 0 Å². The van der Waals surface area contributed by atoms with E-state index in [-0.39, 0.29) is 42.7 Å². The summed E-state index contributed by atoms with van der Waals surface area (Å²) in [4.78, 5) is 31.9. The second-order valence-corrected chi connectivity index (χ2v) is 11.4. The number of piperazine rings is 1. The lowest BCUT2D eigenvalue weighted by molar-refractivity contribution is -0.165. The lowest BCUT2D eigenvalue weighted by atomic mass is 9.77. The maximum Gasteiger partial charge on any atom is 0.249 e. The maximum absolute atomic E-state index is 13.9. The predicted molar refractivity (Wildman–Crippen MR) is 157 cm³/mol. The average molecular weight is 568 g/mol. The summed E-state index contributed by atoms with van der Waals surface area (Å²) in [6, 6.07) is 9.48. The van der Waals surface area contributed by atoms with Crippen molar-refractivity contribution in [3.05, 3.63) is 52.8 Å². The molecule has 1 aliphatic carbocycles. The molecule has 9 heteroatoms. The van der Waals surface area contributed by atoms with Crippen molar-refractivity contribution in [2.75, 3.05) is 19.6 Å². The lowest BCUT2D eigenvalue weighted by Crippen LogP contribution is -2.75. The topological polar surface area (TPSA) is 102 Å². The van der Waals surface area contributed by atoms with E-state index in [9.17, 15) is 14.7 Å². The molecule has 40 heavy (non-hydrogen) atoms. The fourth-order valence-electron chi connectivity index (χ4n) is 7.01. The van der Waals surface area contributed by atoms with Gasteiger partial charge in [0, 0.05) is 24.3 Å². The number of halogens is 1. The highest BCUT2D eigenvalue weighted by Gasteiger charge is 2.55. The zero-order valence-corrected chi connectivity index (χ0v) is 24.6. The second-order valence-electron chi connectivity index (χ2n) is 11.4. The Bertz CT molecular complexity index is 1220. The Morgan fingerprint density at radius 2 is 1.77 bits per heavy atom. The molecule has 3 heterocycles. The number of carbonyl (C=O) groups is 2. The van der Waals surface area contributed by atoms with E-state index in [0.717, 1.165) is 49.1 Å². The highest BCUT2D eigenvalue weighted by molar-refractivity contribution is 6.00. The minimum absolute atomic E-state index is 0. The van der Waals surface area contributed by atoms with Crippen molar-refractivity contribution in [2.24, 2.45) is 5.92 Å². The zero-order chi connectivity index (χ0) is 27.6. The minimum atomic E-state index is -0.970. The Balaban J connectivity index is 0.00000370. The molecule has 0 radical (unpaired) electrons. The molecule has 1 spiro atoms. The number of piperidine rings is 1. The summed E-state index contributed by atoms with van der Waals surface area (Å²) in [7, 11) is 0. The van der Waals surface area contributed by atoms with Crippen molar-refractivity contribution in [3.8, 4) is 11.8 Å². The lowest BCUT2D eigenvalue weighted by Gasteiger charge is -2.53. The number of aromatic nitrogens is 2. The average Bonchev–Trinajstić information content (AvgIpc) is 3.30. The monoisotopic (exact) mass is 567 g/mol. The molecule has 2 amide bonds. The number of hydrogen-bond acceptors (Lipinski definition) is 5. The summed E-state index contributed by atoms with van der Waals surface area (Å²) in [5.74, 6) is 5.62. The summed E-state index contributed by atoms with van der Waals surface area (Å²) in [5.41, 5.74) is 3.36. The van der Waals surface area contributed by atoms with E-state index < -0.39 is 17.7 Å². The normalized spacial score (nSPS) is 23.1. The van der Waals surface area contributed by atoms with Crippen LogP contribution in [0.5, 0.6) is 0 Å². The summed E-state index contributed by atoms with van der Waals surface area (Å²) in [6.07, 6.45) is 5.19. The van der Waals surface area contributed by atoms with E-state index in [1.807, 2.05) is 19.9 Å². The first-order valence-corrected chi connectivity index (χ1v) is 14.4. The largest absolute Gasteiger partial charge is 0.390 e. The first-order valence-electron chi connectivity index (χ1n) is 14.4. The number of nitrogens with zero attached hydrogens (tertiary/aromatic N) is 3. The van der Waals surface area contributed by atoms with Crippen LogP contribution in [0.4, 0.5) is 0 Å². The number of aliphatic hydroxyl groups excluding tert-OH is 1. The predicted octanol–water partition coefficient (Wildman–Crippen LogP) is 3.66. The molecular formula is C31H42ClN5O3. The van der Waals surface area contributed by atoms with Gasteiger partial charge in [-0.3, -0.25) is 19.6 Å². The van der Waals surface area contributed by atoms with Crippen LogP contribution in [0.3, 0.4) is 0 Å². The number of H-pyrrole nitrogens is 1. The Labute approximate surface area is 243 Å². The molecule has 0 bridgehead atoms. The highest BCUT2D eigenvalue weighted by Crippen LogP contribution is 2.40. The number of aromatic amines is 1. The summed E-state index contributed by atoms with van der Waals surface area (Å²) < 4.78 is 0. The molecule has 3 fully saturated rings. The standard InChI is InChI=1S/C31H41N5O3.ClH/c1-4-5-18-36-29(38)26(28(37)24-14-10-7-11-15-24)32-30(39)31(36)16-19-35(20-17-31)27(23-12-8-6-9-13-23)25-21(2)33-34-22(25)3;/h6,8-9,12-13,24,26-28,37H,7,10-11,14-20H2,1-3H3,(H,32,39)(H,33,34);1H/t26-,27?,28-;/m1./s1. The van der Waals surface area contributed by atoms with Crippen LogP contribution in [0.25, 0.3) is 0 Å². The van der Waals surface area contributed by atoms with Gasteiger partial charge in [-0.25, -0.2) is 0 Å². The van der Waals surface area contributed by atoms with Gasteiger partial charge in [0.25, 0.3) is 0 Å². The van der Waals surface area contributed by atoms with Crippen molar-refractivity contribution in [2.45, 2.75) is 89.4 Å². The number of amides is 2. The molecule has 8 nitrogen and oxygen atoms in total. The van der Waals surface area contributed by atoms with Gasteiger partial charge in [0.05, 0.1) is 24.4 Å². The van der Waals surface area contributed by atoms with Crippen LogP contribution < -0.4 is 5.32 Å². The van der Waals surface area contributed by atoms with Gasteiger partial charge in [-0.1, -0.05) is 55.5 Å². The molecule has 2 aromatic rings. The zero-order valence-electron chi connectivity index (χ0n) is 23.8. The highest BCUT2D eigenvalue weighted by atomic mass is 35.5. The Morgan fingerprint density at radius 3 is 2.38 bits per heavy atom. The van der Waals surface area contributed by atoms with Crippen LogP contribution in [0.15, 0.2) is 30.3 Å². The van der Waals surface area contributed by atoms with E-state index in [4.69, 9.17) is 0 Å². The Morgan fingerprint density at radius 1 is 1.10 bits per heavy atom. The molecule has 1 saturated carbocycles. The second kappa shape index (κ2) is 12.8. The van der Waals surface area contributed by atoms with Crippen LogP contribution in [0.1, 0.15) is 80.4 Å². The molecule has 3 aliphatic rings. The third kappa shape index (κ3) is 5.52. The number of aliphatic hydroxyl groups is 1. The van der Waals surface area contributed by atoms with E-state index in [1.165, 1.54) is 5.56 Å². The van der Waals surface area contributed by atoms with Gasteiger partial charge in [0.2, 0.25) is 11.8 Å². The van der Waals surface area contributed by atoms with Crippen LogP contribution in [0.2, 0.25) is 0 Å². The fraction of sp³-hybridized carbons (Fsp3) is 0.581. The number of rotatable bonds is 6. The number of hydrogen-bond donors (Lipinski definition) is 3. The Hall–Kier alpha value is -2.86. The van der Waals surface area contributed by atoms with Gasteiger partial charge >= 0.3 is 0 Å². The quantitative estimate of drug-likeness (QED) is 0.462. The summed E-state index contributed by atoms with van der Waals surface area (Å²) >= 11 is 0. The number of carbonyl (C=O) groups excluding carboxylic acids is 2. The van der Waals surface area contributed by atoms with Gasteiger partial charge < -0.3 is 15.3 Å². The molecular weight excluding hydrogens is 526 g/mol. The van der Waals surface area contributed by atoms with Crippen LogP contribution in [0, 0.1) is 31.6 Å². The van der Waals surface area contributed by atoms with Crippen molar-refractivity contribution >= 4 is 24.2 Å². The fourth-order valence-corrected chi connectivity index (χ4v) is 7.01. The van der Waals surface area contributed by atoms with Crippen molar-refractivity contribution in [1.82, 2.24) is 25.3 Å². The van der Waals surface area contributed by atoms with Crippen molar-refractivity contribution in [1.29, 1.82) is 0 Å².